The zero-order chi connectivity index (χ0) is 17.2. The third kappa shape index (κ3) is 3.34. The minimum atomic E-state index is -3.60. The summed E-state index contributed by atoms with van der Waals surface area (Å²) in [5, 5.41) is 0. The summed E-state index contributed by atoms with van der Waals surface area (Å²) in [6.45, 7) is 8.04. The topological polar surface area (TPSA) is 46.6 Å². The molecule has 2 rings (SSSR count). The molecule has 0 radical (unpaired) electrons. The fraction of sp³-hybridized carbons (Fsp3) is 0.333. The van der Waals surface area contributed by atoms with Gasteiger partial charge in [-0.1, -0.05) is 6.07 Å². The maximum atomic E-state index is 13.0. The molecule has 0 bridgehead atoms. The number of hydrogen-bond acceptors (Lipinski definition) is 3. The maximum absolute atomic E-state index is 13.0. The van der Waals surface area contributed by atoms with Crippen molar-refractivity contribution in [2.24, 2.45) is 0 Å². The number of ether oxygens (including phenoxy) is 1. The van der Waals surface area contributed by atoms with E-state index in [1.165, 1.54) is 4.31 Å². The van der Waals surface area contributed by atoms with E-state index < -0.39 is 10.0 Å². The Morgan fingerprint density at radius 2 is 1.65 bits per heavy atom. The molecule has 2 aromatic carbocycles. The molecule has 0 aliphatic rings. The van der Waals surface area contributed by atoms with Gasteiger partial charge in [0.1, 0.15) is 5.75 Å². The average Bonchev–Trinajstić information content (AvgIpc) is 2.51. The molecule has 0 aromatic heterocycles. The highest BCUT2D eigenvalue weighted by Gasteiger charge is 2.24. The van der Waals surface area contributed by atoms with Gasteiger partial charge in [-0.25, -0.2) is 8.42 Å². The van der Waals surface area contributed by atoms with Crippen LogP contribution < -0.4 is 9.04 Å². The van der Waals surface area contributed by atoms with Crippen molar-refractivity contribution in [1.29, 1.82) is 0 Å². The van der Waals surface area contributed by atoms with Gasteiger partial charge in [0, 0.05) is 6.54 Å². The van der Waals surface area contributed by atoms with Gasteiger partial charge < -0.3 is 4.74 Å². The Bertz CT molecular complexity index is 813. The van der Waals surface area contributed by atoms with Crippen molar-refractivity contribution in [3.8, 4) is 5.75 Å². The van der Waals surface area contributed by atoms with Crippen LogP contribution in [0.3, 0.4) is 0 Å². The van der Waals surface area contributed by atoms with Crippen molar-refractivity contribution >= 4 is 15.7 Å². The number of nitrogens with zero attached hydrogens (tertiary/aromatic N) is 1. The van der Waals surface area contributed by atoms with Gasteiger partial charge in [0.25, 0.3) is 10.0 Å². The van der Waals surface area contributed by atoms with Gasteiger partial charge >= 0.3 is 0 Å². The van der Waals surface area contributed by atoms with Crippen LogP contribution in [0.25, 0.3) is 0 Å². The number of anilines is 1. The molecular weight excluding hydrogens is 310 g/mol. The molecule has 0 unspecified atom stereocenters. The van der Waals surface area contributed by atoms with Crippen molar-refractivity contribution in [2.75, 3.05) is 18.0 Å². The Labute approximate surface area is 138 Å². The summed E-state index contributed by atoms with van der Waals surface area (Å²) in [5.74, 6) is 0.679. The van der Waals surface area contributed by atoms with E-state index in [0.29, 0.717) is 18.0 Å². The molecule has 23 heavy (non-hydrogen) atoms. The predicted molar refractivity (Wildman–Crippen MR) is 93.9 cm³/mol. The Morgan fingerprint density at radius 1 is 0.957 bits per heavy atom. The van der Waals surface area contributed by atoms with E-state index >= 15 is 0 Å². The van der Waals surface area contributed by atoms with E-state index in [4.69, 9.17) is 4.74 Å². The standard InChI is InChI=1S/C18H23NO3S/c1-6-19(16-8-7-13(2)14(3)11-16)23(20,21)17-9-10-18(22-5)15(4)12-17/h7-12H,6H2,1-5H3. The SMILES string of the molecule is CCN(c1ccc(C)c(C)c1)S(=O)(=O)c1ccc(OC)c(C)c1. The lowest BCUT2D eigenvalue weighted by Crippen LogP contribution is -2.30. The lowest BCUT2D eigenvalue weighted by Gasteiger charge is -2.24. The second-order valence-corrected chi connectivity index (χ2v) is 7.43. The molecule has 0 fully saturated rings. The first-order chi connectivity index (χ1) is 10.8. The maximum Gasteiger partial charge on any atom is 0.264 e. The summed E-state index contributed by atoms with van der Waals surface area (Å²) in [7, 11) is -2.03. The molecule has 0 saturated heterocycles. The molecule has 0 heterocycles. The van der Waals surface area contributed by atoms with E-state index in [1.807, 2.05) is 45.9 Å². The first-order valence-corrected chi connectivity index (χ1v) is 9.00. The zero-order valence-electron chi connectivity index (χ0n) is 14.3. The minimum Gasteiger partial charge on any atom is -0.496 e. The van der Waals surface area contributed by atoms with Crippen LogP contribution in [0.1, 0.15) is 23.6 Å². The Morgan fingerprint density at radius 3 is 2.17 bits per heavy atom. The molecule has 124 valence electrons. The Kier molecular flexibility index (Phi) is 5.00. The van der Waals surface area contributed by atoms with Crippen LogP contribution in [0.5, 0.6) is 5.75 Å². The number of aryl methyl sites for hydroxylation is 3. The van der Waals surface area contributed by atoms with E-state index in [1.54, 1.807) is 25.3 Å². The molecule has 0 aliphatic heterocycles. The Hall–Kier alpha value is -2.01. The van der Waals surface area contributed by atoms with Gasteiger partial charge in [-0.2, -0.15) is 0 Å². The second-order valence-electron chi connectivity index (χ2n) is 5.57. The second kappa shape index (κ2) is 6.62. The molecule has 5 heteroatoms. The fourth-order valence-corrected chi connectivity index (χ4v) is 4.06. The van der Waals surface area contributed by atoms with Crippen LogP contribution in [0.4, 0.5) is 5.69 Å². The normalized spacial score (nSPS) is 11.3. The summed E-state index contributed by atoms with van der Waals surface area (Å²) >= 11 is 0. The van der Waals surface area contributed by atoms with Crippen molar-refractivity contribution in [3.05, 3.63) is 53.1 Å². The molecule has 0 spiro atoms. The van der Waals surface area contributed by atoms with E-state index in [-0.39, 0.29) is 4.90 Å². The number of sulfonamides is 1. The van der Waals surface area contributed by atoms with Gasteiger partial charge in [-0.05, 0) is 74.7 Å². The lowest BCUT2D eigenvalue weighted by molar-refractivity contribution is 0.411. The van der Waals surface area contributed by atoms with Crippen molar-refractivity contribution in [2.45, 2.75) is 32.6 Å². The van der Waals surface area contributed by atoms with E-state index in [2.05, 4.69) is 0 Å². The van der Waals surface area contributed by atoms with Crippen LogP contribution in [0.2, 0.25) is 0 Å². The zero-order valence-corrected chi connectivity index (χ0v) is 15.1. The van der Waals surface area contributed by atoms with Gasteiger partial charge in [-0.3, -0.25) is 4.31 Å². The monoisotopic (exact) mass is 333 g/mol. The fourth-order valence-electron chi connectivity index (χ4n) is 2.51. The first-order valence-electron chi connectivity index (χ1n) is 7.56. The highest BCUT2D eigenvalue weighted by molar-refractivity contribution is 7.92. The van der Waals surface area contributed by atoms with Gasteiger partial charge in [-0.15, -0.1) is 0 Å². The number of hydrogen-bond donors (Lipinski definition) is 0. The summed E-state index contributed by atoms with van der Waals surface area (Å²) in [6.07, 6.45) is 0. The highest BCUT2D eigenvalue weighted by Crippen LogP contribution is 2.28. The first kappa shape index (κ1) is 17.3. The number of methoxy groups -OCH3 is 1. The summed E-state index contributed by atoms with van der Waals surface area (Å²) < 4.78 is 32.6. The van der Waals surface area contributed by atoms with E-state index in [0.717, 1.165) is 16.7 Å². The molecule has 4 nitrogen and oxygen atoms in total. The lowest BCUT2D eigenvalue weighted by atomic mass is 10.1. The molecule has 0 atom stereocenters. The molecule has 0 N–H and O–H groups in total. The molecule has 2 aromatic rings. The summed E-state index contributed by atoms with van der Waals surface area (Å²) in [4.78, 5) is 0.274. The van der Waals surface area contributed by atoms with E-state index in [9.17, 15) is 8.42 Å². The largest absolute Gasteiger partial charge is 0.496 e. The van der Waals surface area contributed by atoms with Crippen LogP contribution >= 0.6 is 0 Å². The summed E-state index contributed by atoms with van der Waals surface area (Å²) in [6, 6.07) is 10.6. The smallest absolute Gasteiger partial charge is 0.264 e. The van der Waals surface area contributed by atoms with Crippen molar-refractivity contribution in [1.82, 2.24) is 0 Å². The molecule has 0 saturated carbocycles. The highest BCUT2D eigenvalue weighted by atomic mass is 32.2. The van der Waals surface area contributed by atoms with Crippen LogP contribution in [0, 0.1) is 20.8 Å². The molecule has 0 amide bonds. The third-order valence-corrected chi connectivity index (χ3v) is 5.92. The Balaban J connectivity index is 2.50. The molecular formula is C18H23NO3S. The van der Waals surface area contributed by atoms with Crippen LogP contribution in [0.15, 0.2) is 41.3 Å². The predicted octanol–water partition coefficient (Wildman–Crippen LogP) is 3.84. The summed E-state index contributed by atoms with van der Waals surface area (Å²) in [5.41, 5.74) is 3.69. The number of rotatable bonds is 5. The average molecular weight is 333 g/mol. The molecule has 0 aliphatic carbocycles. The van der Waals surface area contributed by atoms with Crippen molar-refractivity contribution in [3.63, 3.8) is 0 Å². The van der Waals surface area contributed by atoms with Gasteiger partial charge in [0.15, 0.2) is 0 Å². The number of benzene rings is 2. The minimum absolute atomic E-state index is 0.274. The van der Waals surface area contributed by atoms with Gasteiger partial charge in [0.2, 0.25) is 0 Å². The van der Waals surface area contributed by atoms with Crippen molar-refractivity contribution < 1.29 is 13.2 Å². The van der Waals surface area contributed by atoms with Crippen LogP contribution in [-0.2, 0) is 10.0 Å². The van der Waals surface area contributed by atoms with Gasteiger partial charge in [0.05, 0.1) is 17.7 Å². The third-order valence-electron chi connectivity index (χ3n) is 4.02. The van der Waals surface area contributed by atoms with Crippen LogP contribution in [-0.4, -0.2) is 22.1 Å². The quantitative estimate of drug-likeness (QED) is 0.835.